The molecule has 15 heavy (non-hydrogen) atoms. The summed E-state index contributed by atoms with van der Waals surface area (Å²) in [5.41, 5.74) is -0.575. The lowest BCUT2D eigenvalue weighted by Crippen LogP contribution is -2.23. The molecular formula is C11H12ClNOS. The Labute approximate surface area is 98.1 Å². The van der Waals surface area contributed by atoms with Crippen molar-refractivity contribution in [2.45, 2.75) is 31.8 Å². The van der Waals surface area contributed by atoms with Crippen molar-refractivity contribution in [2.75, 3.05) is 0 Å². The number of halogens is 1. The van der Waals surface area contributed by atoms with Crippen LogP contribution >= 0.6 is 22.9 Å². The Kier molecular flexibility index (Phi) is 3.01. The normalized spacial score (nSPS) is 21.1. The molecule has 0 spiro atoms. The molecule has 1 heterocycles. The second kappa shape index (κ2) is 4.13. The van der Waals surface area contributed by atoms with E-state index in [1.807, 2.05) is 0 Å². The minimum Gasteiger partial charge on any atom is -0.386 e. The van der Waals surface area contributed by atoms with Crippen molar-refractivity contribution >= 4 is 22.9 Å². The van der Waals surface area contributed by atoms with E-state index >= 15 is 0 Å². The summed E-state index contributed by atoms with van der Waals surface area (Å²) in [5.74, 6) is 0. The van der Waals surface area contributed by atoms with Crippen molar-refractivity contribution in [1.29, 1.82) is 5.26 Å². The zero-order valence-corrected chi connectivity index (χ0v) is 9.81. The monoisotopic (exact) mass is 241 g/mol. The van der Waals surface area contributed by atoms with Gasteiger partial charge in [-0.2, -0.15) is 5.26 Å². The minimum absolute atomic E-state index is 0.575. The molecule has 1 saturated carbocycles. The van der Waals surface area contributed by atoms with Crippen LogP contribution in [0.4, 0.5) is 0 Å². The number of rotatable bonds is 2. The number of hydrogen-bond donors (Lipinski definition) is 1. The van der Waals surface area contributed by atoms with Gasteiger partial charge in [0, 0.05) is 10.3 Å². The van der Waals surface area contributed by atoms with Gasteiger partial charge < -0.3 is 5.11 Å². The average Bonchev–Trinajstić information content (AvgIpc) is 2.86. The van der Waals surface area contributed by atoms with Crippen LogP contribution in [0.1, 0.15) is 36.7 Å². The van der Waals surface area contributed by atoms with Gasteiger partial charge in [0.15, 0.2) is 0 Å². The van der Waals surface area contributed by atoms with Crippen molar-refractivity contribution in [3.8, 4) is 6.07 Å². The maximum Gasteiger partial charge on any atom is 0.107 e. The fraction of sp³-hybridized carbons (Fsp3) is 0.545. The standard InChI is InChI=1S/C11H12ClNOS/c12-8-5-9(15-6-8)10(14)11(7-13)3-1-2-4-11/h5-6,10,14H,1-4H2. The van der Waals surface area contributed by atoms with E-state index in [-0.39, 0.29) is 0 Å². The largest absolute Gasteiger partial charge is 0.386 e. The van der Waals surface area contributed by atoms with Crippen LogP contribution in [0.2, 0.25) is 5.02 Å². The van der Waals surface area contributed by atoms with Gasteiger partial charge in [0.1, 0.15) is 6.10 Å². The molecule has 2 nitrogen and oxygen atoms in total. The van der Waals surface area contributed by atoms with Crippen LogP contribution < -0.4 is 0 Å². The molecule has 0 bridgehead atoms. The lowest BCUT2D eigenvalue weighted by atomic mass is 9.81. The fourth-order valence-electron chi connectivity index (χ4n) is 2.20. The third-order valence-electron chi connectivity index (χ3n) is 3.10. The first-order valence-electron chi connectivity index (χ1n) is 5.01. The van der Waals surface area contributed by atoms with Crippen molar-refractivity contribution < 1.29 is 5.11 Å². The van der Waals surface area contributed by atoms with E-state index in [1.54, 1.807) is 11.4 Å². The van der Waals surface area contributed by atoms with Crippen molar-refractivity contribution in [1.82, 2.24) is 0 Å². The first kappa shape index (κ1) is 10.9. The summed E-state index contributed by atoms with van der Waals surface area (Å²) < 4.78 is 0. The number of nitrogens with zero attached hydrogens (tertiary/aromatic N) is 1. The summed E-state index contributed by atoms with van der Waals surface area (Å²) in [5, 5.41) is 21.9. The first-order chi connectivity index (χ1) is 7.18. The molecule has 2 rings (SSSR count). The van der Waals surface area contributed by atoms with Gasteiger partial charge in [0.05, 0.1) is 16.5 Å². The second-order valence-corrected chi connectivity index (χ2v) is 5.42. The van der Waals surface area contributed by atoms with E-state index in [9.17, 15) is 10.4 Å². The number of thiophene rings is 1. The van der Waals surface area contributed by atoms with Gasteiger partial charge in [-0.3, -0.25) is 0 Å². The van der Waals surface area contributed by atoms with E-state index in [1.165, 1.54) is 11.3 Å². The van der Waals surface area contributed by atoms with Crippen LogP contribution in [0.3, 0.4) is 0 Å². The molecule has 1 N–H and O–H groups in total. The van der Waals surface area contributed by atoms with E-state index in [0.29, 0.717) is 5.02 Å². The fourth-order valence-corrected chi connectivity index (χ4v) is 3.38. The Morgan fingerprint density at radius 1 is 1.53 bits per heavy atom. The van der Waals surface area contributed by atoms with Crippen LogP contribution in [0.5, 0.6) is 0 Å². The van der Waals surface area contributed by atoms with Gasteiger partial charge >= 0.3 is 0 Å². The predicted molar refractivity (Wildman–Crippen MR) is 60.8 cm³/mol. The molecule has 80 valence electrons. The number of hydrogen-bond acceptors (Lipinski definition) is 3. The Morgan fingerprint density at radius 3 is 2.67 bits per heavy atom. The van der Waals surface area contributed by atoms with Gasteiger partial charge in [0.25, 0.3) is 0 Å². The number of aliphatic hydroxyl groups excluding tert-OH is 1. The summed E-state index contributed by atoms with van der Waals surface area (Å²) in [6, 6.07) is 4.06. The highest BCUT2D eigenvalue weighted by Crippen LogP contribution is 2.48. The Balaban J connectivity index is 2.26. The van der Waals surface area contributed by atoms with E-state index in [4.69, 9.17) is 11.6 Å². The summed E-state index contributed by atoms with van der Waals surface area (Å²) in [4.78, 5) is 0.809. The maximum absolute atomic E-state index is 10.2. The zero-order valence-electron chi connectivity index (χ0n) is 8.24. The summed E-state index contributed by atoms with van der Waals surface area (Å²) in [7, 11) is 0. The third-order valence-corrected chi connectivity index (χ3v) is 4.43. The van der Waals surface area contributed by atoms with Crippen molar-refractivity contribution in [3.63, 3.8) is 0 Å². The molecule has 0 amide bonds. The van der Waals surface area contributed by atoms with Gasteiger partial charge in [-0.1, -0.05) is 24.4 Å². The topological polar surface area (TPSA) is 44.0 Å². The molecule has 0 aromatic carbocycles. The predicted octanol–water partition coefficient (Wildman–Crippen LogP) is 3.52. The van der Waals surface area contributed by atoms with Crippen LogP contribution in [0, 0.1) is 16.7 Å². The summed E-state index contributed by atoms with van der Waals surface area (Å²) in [6.45, 7) is 0. The quantitative estimate of drug-likeness (QED) is 0.861. The lowest BCUT2D eigenvalue weighted by Gasteiger charge is -2.25. The highest BCUT2D eigenvalue weighted by molar-refractivity contribution is 7.10. The van der Waals surface area contributed by atoms with Gasteiger partial charge in [0.2, 0.25) is 0 Å². The van der Waals surface area contributed by atoms with Crippen LogP contribution in [0.25, 0.3) is 0 Å². The van der Waals surface area contributed by atoms with E-state index in [0.717, 1.165) is 30.6 Å². The van der Waals surface area contributed by atoms with Gasteiger partial charge in [-0.05, 0) is 18.9 Å². The molecule has 1 aliphatic rings. The molecule has 0 saturated heterocycles. The van der Waals surface area contributed by atoms with E-state index < -0.39 is 11.5 Å². The van der Waals surface area contributed by atoms with E-state index in [2.05, 4.69) is 6.07 Å². The maximum atomic E-state index is 10.2. The molecule has 0 radical (unpaired) electrons. The van der Waals surface area contributed by atoms with Crippen molar-refractivity contribution in [3.05, 3.63) is 21.3 Å². The second-order valence-electron chi connectivity index (χ2n) is 4.04. The first-order valence-corrected chi connectivity index (χ1v) is 6.27. The zero-order chi connectivity index (χ0) is 10.9. The molecule has 1 aromatic heterocycles. The SMILES string of the molecule is N#CC1(C(O)c2cc(Cl)cs2)CCCC1. The van der Waals surface area contributed by atoms with Crippen LogP contribution in [0.15, 0.2) is 11.4 Å². The molecule has 1 aromatic rings. The molecular weight excluding hydrogens is 230 g/mol. The van der Waals surface area contributed by atoms with Gasteiger partial charge in [-0.15, -0.1) is 11.3 Å². The Morgan fingerprint density at radius 2 is 2.20 bits per heavy atom. The molecule has 1 atom stereocenters. The lowest BCUT2D eigenvalue weighted by molar-refractivity contribution is 0.0702. The summed E-state index contributed by atoms with van der Waals surface area (Å²) in [6.07, 6.45) is 2.97. The number of aliphatic hydroxyl groups is 1. The van der Waals surface area contributed by atoms with Gasteiger partial charge in [-0.25, -0.2) is 0 Å². The molecule has 1 aliphatic carbocycles. The summed E-state index contributed by atoms with van der Waals surface area (Å²) >= 11 is 7.24. The highest BCUT2D eigenvalue weighted by atomic mass is 35.5. The highest BCUT2D eigenvalue weighted by Gasteiger charge is 2.42. The minimum atomic E-state index is -0.678. The molecule has 4 heteroatoms. The molecule has 1 fully saturated rings. The van der Waals surface area contributed by atoms with Crippen LogP contribution in [-0.2, 0) is 0 Å². The third kappa shape index (κ3) is 1.90. The molecule has 1 unspecified atom stereocenters. The average molecular weight is 242 g/mol. The Bertz CT molecular complexity index is 390. The number of nitriles is 1. The van der Waals surface area contributed by atoms with Crippen LogP contribution in [-0.4, -0.2) is 5.11 Å². The smallest absolute Gasteiger partial charge is 0.107 e. The Hall–Kier alpha value is -0.560. The van der Waals surface area contributed by atoms with Crippen molar-refractivity contribution in [2.24, 2.45) is 5.41 Å². The molecule has 0 aliphatic heterocycles.